The Hall–Kier alpha value is -2.60. The molecular weight excluding hydrogens is 556 g/mol. The highest BCUT2D eigenvalue weighted by atomic mass is 35.5. The Bertz CT molecular complexity index is 1120. The zero-order chi connectivity index (χ0) is 30.8. The Labute approximate surface area is 246 Å². The van der Waals surface area contributed by atoms with Crippen LogP contribution in [0.25, 0.3) is 0 Å². The van der Waals surface area contributed by atoms with E-state index in [1.807, 2.05) is 0 Å². The molecule has 2 atom stereocenters. The minimum absolute atomic E-state index is 0.0889. The van der Waals surface area contributed by atoms with E-state index in [1.165, 1.54) is 6.07 Å². The van der Waals surface area contributed by atoms with Crippen LogP contribution in [0, 0.1) is 5.92 Å². The number of benzene rings is 1. The lowest BCUT2D eigenvalue weighted by atomic mass is 9.84. The molecule has 0 spiro atoms. The summed E-state index contributed by atoms with van der Waals surface area (Å²) in [6.45, 7) is 14.6. The third-order valence-electron chi connectivity index (χ3n) is 6.55. The quantitative estimate of drug-likeness (QED) is 0.339. The molecule has 0 bridgehead atoms. The van der Waals surface area contributed by atoms with Crippen molar-refractivity contribution in [1.82, 2.24) is 10.2 Å². The van der Waals surface area contributed by atoms with Crippen LogP contribution in [0.3, 0.4) is 0 Å². The summed E-state index contributed by atoms with van der Waals surface area (Å²) in [5.41, 5.74) is -0.800. The highest BCUT2D eigenvalue weighted by Crippen LogP contribution is 2.39. The van der Waals surface area contributed by atoms with Gasteiger partial charge in [0, 0.05) is 23.7 Å². The number of aliphatic hydroxyl groups is 1. The summed E-state index contributed by atoms with van der Waals surface area (Å²) in [4.78, 5) is 40.5. The molecule has 12 heteroatoms. The van der Waals surface area contributed by atoms with Crippen LogP contribution >= 0.6 is 11.6 Å². The standard InChI is InChI=1S/C29H43ClN2O9/c1-27(2,3)40-25(35)31-23(17-9-11-32(12-10-17)24(34)22-16-37-29(7,8)39-22)19-14-20(30)18(15-33)13-21(19)38-26(36)41-28(4,5)6/h13-14,17,22-23,33H,9-12,15-16H2,1-8H3,(H,31,35)/t22-,23?/m1/s1. The Morgan fingerprint density at radius 1 is 1.10 bits per heavy atom. The predicted octanol–water partition coefficient (Wildman–Crippen LogP) is 5.10. The monoisotopic (exact) mass is 598 g/mol. The summed E-state index contributed by atoms with van der Waals surface area (Å²) in [7, 11) is 0. The van der Waals surface area contributed by atoms with Gasteiger partial charge in [-0.3, -0.25) is 4.79 Å². The summed E-state index contributed by atoms with van der Waals surface area (Å²) in [5, 5.41) is 13.0. The van der Waals surface area contributed by atoms with Crippen molar-refractivity contribution in [3.05, 3.63) is 28.3 Å². The molecule has 0 radical (unpaired) electrons. The van der Waals surface area contributed by atoms with Crippen molar-refractivity contribution in [3.63, 3.8) is 0 Å². The van der Waals surface area contributed by atoms with Crippen molar-refractivity contribution in [2.75, 3.05) is 19.7 Å². The predicted molar refractivity (Wildman–Crippen MR) is 151 cm³/mol. The van der Waals surface area contributed by atoms with E-state index in [1.54, 1.807) is 66.4 Å². The fourth-order valence-electron chi connectivity index (χ4n) is 4.77. The van der Waals surface area contributed by atoms with Crippen molar-refractivity contribution >= 4 is 29.8 Å². The second kappa shape index (κ2) is 12.7. The minimum atomic E-state index is -0.942. The van der Waals surface area contributed by atoms with E-state index in [2.05, 4.69) is 5.32 Å². The van der Waals surface area contributed by atoms with Crippen LogP contribution in [0.1, 0.15) is 85.4 Å². The van der Waals surface area contributed by atoms with Crippen molar-refractivity contribution in [2.45, 2.75) is 104 Å². The number of piperidine rings is 1. The van der Waals surface area contributed by atoms with Crippen LogP contribution < -0.4 is 10.1 Å². The minimum Gasteiger partial charge on any atom is -0.444 e. The summed E-state index contributed by atoms with van der Waals surface area (Å²) >= 11 is 6.48. The zero-order valence-electron chi connectivity index (χ0n) is 25.2. The highest BCUT2D eigenvalue weighted by molar-refractivity contribution is 6.31. The van der Waals surface area contributed by atoms with Gasteiger partial charge in [0.25, 0.3) is 5.91 Å². The lowest BCUT2D eigenvalue weighted by molar-refractivity contribution is -0.161. The van der Waals surface area contributed by atoms with Gasteiger partial charge in [-0.05, 0) is 91.8 Å². The molecule has 3 rings (SSSR count). The Morgan fingerprint density at radius 3 is 2.22 bits per heavy atom. The molecule has 2 aliphatic rings. The number of likely N-dealkylation sites (tertiary alicyclic amines) is 1. The van der Waals surface area contributed by atoms with Crippen LogP contribution in [0.4, 0.5) is 9.59 Å². The van der Waals surface area contributed by atoms with Crippen LogP contribution in [0.5, 0.6) is 5.75 Å². The average molecular weight is 599 g/mol. The Kier molecular flexibility index (Phi) is 10.2. The van der Waals surface area contributed by atoms with E-state index in [4.69, 9.17) is 35.3 Å². The number of alkyl carbamates (subject to hydrolysis) is 1. The Balaban J connectivity index is 1.90. The van der Waals surface area contributed by atoms with Crippen LogP contribution in [0.2, 0.25) is 5.02 Å². The van der Waals surface area contributed by atoms with Gasteiger partial charge in [0.2, 0.25) is 0 Å². The van der Waals surface area contributed by atoms with E-state index in [0.717, 1.165) is 0 Å². The zero-order valence-corrected chi connectivity index (χ0v) is 25.9. The molecule has 1 aromatic carbocycles. The molecule has 0 aromatic heterocycles. The number of amides is 2. The number of hydrogen-bond acceptors (Lipinski definition) is 9. The van der Waals surface area contributed by atoms with Gasteiger partial charge in [-0.1, -0.05) is 11.6 Å². The second-order valence-corrected chi connectivity index (χ2v) is 13.2. The molecule has 2 heterocycles. The van der Waals surface area contributed by atoms with Crippen molar-refractivity contribution in [2.24, 2.45) is 5.92 Å². The van der Waals surface area contributed by atoms with Crippen LogP contribution in [-0.4, -0.2) is 71.0 Å². The molecular formula is C29H43ClN2O9. The molecule has 0 aliphatic carbocycles. The summed E-state index contributed by atoms with van der Waals surface area (Å²) in [5.74, 6) is -1.05. The van der Waals surface area contributed by atoms with Gasteiger partial charge in [0.15, 0.2) is 11.9 Å². The van der Waals surface area contributed by atoms with Gasteiger partial charge in [-0.25, -0.2) is 9.59 Å². The van der Waals surface area contributed by atoms with Crippen molar-refractivity contribution in [3.8, 4) is 5.75 Å². The second-order valence-electron chi connectivity index (χ2n) is 12.8. The van der Waals surface area contributed by atoms with E-state index >= 15 is 0 Å². The van der Waals surface area contributed by atoms with Crippen LogP contribution in [-0.2, 0) is 30.3 Å². The fourth-order valence-corrected chi connectivity index (χ4v) is 5.01. The SMILES string of the molecule is CC(C)(C)OC(=O)NC(c1cc(Cl)c(CO)cc1OC(=O)OC(C)(C)C)C1CCN(C(=O)[C@H]2COC(C)(C)O2)CC1. The lowest BCUT2D eigenvalue weighted by Crippen LogP contribution is -2.47. The summed E-state index contributed by atoms with van der Waals surface area (Å²) < 4.78 is 27.8. The first-order chi connectivity index (χ1) is 18.9. The number of nitrogens with one attached hydrogen (secondary N) is 1. The van der Waals surface area contributed by atoms with E-state index in [9.17, 15) is 19.5 Å². The van der Waals surface area contributed by atoms with Gasteiger partial charge in [-0.15, -0.1) is 0 Å². The maximum atomic E-state index is 13.1. The summed E-state index contributed by atoms with van der Waals surface area (Å²) in [6.07, 6.45) is -1.23. The van der Waals surface area contributed by atoms with E-state index < -0.39 is 48.0 Å². The number of carbonyl (C=O) groups is 3. The van der Waals surface area contributed by atoms with Gasteiger partial charge < -0.3 is 39.0 Å². The largest absolute Gasteiger partial charge is 0.514 e. The normalized spacial score (nSPS) is 20.3. The number of halogens is 1. The van der Waals surface area contributed by atoms with Gasteiger partial charge in [0.1, 0.15) is 17.0 Å². The van der Waals surface area contributed by atoms with Crippen LogP contribution in [0.15, 0.2) is 12.1 Å². The van der Waals surface area contributed by atoms with E-state index in [0.29, 0.717) is 37.1 Å². The topological polar surface area (TPSA) is 133 Å². The first-order valence-electron chi connectivity index (χ1n) is 13.8. The van der Waals surface area contributed by atoms with Crippen molar-refractivity contribution in [1.29, 1.82) is 0 Å². The molecule has 1 aromatic rings. The highest BCUT2D eigenvalue weighted by Gasteiger charge is 2.41. The number of hydrogen-bond donors (Lipinski definition) is 2. The van der Waals surface area contributed by atoms with Gasteiger partial charge in [-0.2, -0.15) is 0 Å². The van der Waals surface area contributed by atoms with Gasteiger partial charge >= 0.3 is 12.2 Å². The van der Waals surface area contributed by atoms with Crippen molar-refractivity contribution < 1.29 is 43.2 Å². The Morgan fingerprint density at radius 2 is 1.71 bits per heavy atom. The molecule has 2 amide bonds. The molecule has 11 nitrogen and oxygen atoms in total. The molecule has 2 saturated heterocycles. The average Bonchev–Trinajstić information content (AvgIpc) is 3.20. The first-order valence-corrected chi connectivity index (χ1v) is 14.2. The third-order valence-corrected chi connectivity index (χ3v) is 6.90. The fraction of sp³-hybridized carbons (Fsp3) is 0.690. The molecule has 230 valence electrons. The molecule has 2 N–H and O–H groups in total. The maximum absolute atomic E-state index is 13.1. The number of nitrogens with zero attached hydrogens (tertiary/aromatic N) is 1. The lowest BCUT2D eigenvalue weighted by Gasteiger charge is -2.38. The summed E-state index contributed by atoms with van der Waals surface area (Å²) in [6, 6.07) is 2.33. The number of ether oxygens (including phenoxy) is 5. The van der Waals surface area contributed by atoms with Gasteiger partial charge in [0.05, 0.1) is 19.3 Å². The molecule has 2 aliphatic heterocycles. The molecule has 0 saturated carbocycles. The molecule has 1 unspecified atom stereocenters. The smallest absolute Gasteiger partial charge is 0.444 e. The first kappa shape index (κ1) is 32.9. The maximum Gasteiger partial charge on any atom is 0.514 e. The van der Waals surface area contributed by atoms with E-state index in [-0.39, 0.29) is 29.2 Å². The number of rotatable bonds is 6. The molecule has 41 heavy (non-hydrogen) atoms. The third kappa shape index (κ3) is 9.46. The number of aliphatic hydroxyl groups excluding tert-OH is 1. The number of carbonyl (C=O) groups excluding carboxylic acids is 3. The molecule has 2 fully saturated rings.